The van der Waals surface area contributed by atoms with Gasteiger partial charge in [0.2, 0.25) is 0 Å². The van der Waals surface area contributed by atoms with Gasteiger partial charge in [0, 0.05) is 4.90 Å². The predicted octanol–water partition coefficient (Wildman–Crippen LogP) is 3.19. The number of benzene rings is 1. The number of thioether (sulfide) groups is 1. The number of halogens is 3. The number of carbonyl (C=O) groups excluding carboxylic acids is 1. The van der Waals surface area contributed by atoms with Crippen molar-refractivity contribution in [3.63, 3.8) is 0 Å². The first-order valence-electron chi connectivity index (χ1n) is 5.99. The van der Waals surface area contributed by atoms with E-state index in [1.807, 2.05) is 0 Å². The quantitative estimate of drug-likeness (QED) is 0.821. The van der Waals surface area contributed by atoms with E-state index in [9.17, 15) is 23.1 Å². The third kappa shape index (κ3) is 4.72. The molecule has 1 rings (SSSR count). The molecular weight excluding hydrogens is 291 g/mol. The second kappa shape index (κ2) is 6.49. The van der Waals surface area contributed by atoms with Gasteiger partial charge >= 0.3 is 5.51 Å². The zero-order valence-corrected chi connectivity index (χ0v) is 11.9. The van der Waals surface area contributed by atoms with Crippen LogP contribution in [0.5, 0.6) is 0 Å². The van der Waals surface area contributed by atoms with Gasteiger partial charge in [0.15, 0.2) is 0 Å². The van der Waals surface area contributed by atoms with Gasteiger partial charge in [-0.1, -0.05) is 19.1 Å². The number of carbonyl (C=O) groups is 1. The Morgan fingerprint density at radius 1 is 1.35 bits per heavy atom. The summed E-state index contributed by atoms with van der Waals surface area (Å²) < 4.78 is 37.3. The molecule has 0 spiro atoms. The maximum atomic E-state index is 12.4. The molecule has 0 fully saturated rings. The van der Waals surface area contributed by atoms with Crippen LogP contribution in [0.3, 0.4) is 0 Å². The van der Waals surface area contributed by atoms with Crippen LogP contribution in [0.15, 0.2) is 29.2 Å². The standard InChI is InChI=1S/C13H16F3NO2S/c1-3-12(2,8-18)17-11(19)9-6-4-5-7-10(9)20-13(14,15)16/h4-7,18H,3,8H2,1-2H3,(H,17,19). The molecule has 0 aliphatic rings. The van der Waals surface area contributed by atoms with Crippen LogP contribution < -0.4 is 5.32 Å². The molecule has 1 amide bonds. The van der Waals surface area contributed by atoms with Gasteiger partial charge in [0.05, 0.1) is 17.7 Å². The highest BCUT2D eigenvalue weighted by molar-refractivity contribution is 8.00. The second-order valence-corrected chi connectivity index (χ2v) is 5.68. The summed E-state index contributed by atoms with van der Waals surface area (Å²) in [6.45, 7) is 3.11. The van der Waals surface area contributed by atoms with Crippen LogP contribution in [0.1, 0.15) is 30.6 Å². The zero-order chi connectivity index (χ0) is 15.4. The molecule has 1 aromatic rings. The van der Waals surface area contributed by atoms with E-state index in [4.69, 9.17) is 0 Å². The summed E-state index contributed by atoms with van der Waals surface area (Å²) in [5, 5.41) is 11.8. The Kier molecular flexibility index (Phi) is 5.47. The third-order valence-corrected chi connectivity index (χ3v) is 3.71. The van der Waals surface area contributed by atoms with Crippen molar-refractivity contribution in [1.82, 2.24) is 5.32 Å². The highest BCUT2D eigenvalue weighted by Gasteiger charge is 2.32. The van der Waals surface area contributed by atoms with E-state index >= 15 is 0 Å². The molecule has 2 N–H and O–H groups in total. The molecule has 0 aromatic heterocycles. The van der Waals surface area contributed by atoms with Crippen LogP contribution >= 0.6 is 11.8 Å². The molecule has 20 heavy (non-hydrogen) atoms. The Labute approximate surface area is 119 Å². The van der Waals surface area contributed by atoms with Gasteiger partial charge in [0.1, 0.15) is 0 Å². The summed E-state index contributed by atoms with van der Waals surface area (Å²) in [7, 11) is 0. The minimum atomic E-state index is -4.46. The molecule has 0 aliphatic carbocycles. The summed E-state index contributed by atoms with van der Waals surface area (Å²) in [5.74, 6) is -0.629. The van der Waals surface area contributed by atoms with Gasteiger partial charge in [-0.2, -0.15) is 13.2 Å². The molecule has 112 valence electrons. The number of hydrogen-bond acceptors (Lipinski definition) is 3. The minimum Gasteiger partial charge on any atom is -0.394 e. The molecule has 0 bridgehead atoms. The van der Waals surface area contributed by atoms with Crippen LogP contribution in [-0.2, 0) is 0 Å². The number of aliphatic hydroxyl groups is 1. The van der Waals surface area contributed by atoms with Crippen LogP contribution in [0.25, 0.3) is 0 Å². The van der Waals surface area contributed by atoms with Crippen molar-refractivity contribution in [3.8, 4) is 0 Å². The lowest BCUT2D eigenvalue weighted by atomic mass is 9.99. The van der Waals surface area contributed by atoms with Crippen molar-refractivity contribution in [2.24, 2.45) is 0 Å². The van der Waals surface area contributed by atoms with Crippen molar-refractivity contribution < 1.29 is 23.1 Å². The van der Waals surface area contributed by atoms with Gasteiger partial charge in [-0.15, -0.1) is 0 Å². The topological polar surface area (TPSA) is 49.3 Å². The van der Waals surface area contributed by atoms with Crippen LogP contribution in [0, 0.1) is 0 Å². The van der Waals surface area contributed by atoms with E-state index in [0.29, 0.717) is 6.42 Å². The van der Waals surface area contributed by atoms with Crippen molar-refractivity contribution in [1.29, 1.82) is 0 Å². The molecule has 0 saturated carbocycles. The van der Waals surface area contributed by atoms with E-state index in [1.165, 1.54) is 24.3 Å². The van der Waals surface area contributed by atoms with E-state index in [0.717, 1.165) is 0 Å². The summed E-state index contributed by atoms with van der Waals surface area (Å²) >= 11 is -0.326. The molecule has 1 unspecified atom stereocenters. The van der Waals surface area contributed by atoms with Gasteiger partial charge in [0.25, 0.3) is 5.91 Å². The van der Waals surface area contributed by atoms with Crippen molar-refractivity contribution in [2.45, 2.75) is 36.2 Å². The molecule has 3 nitrogen and oxygen atoms in total. The van der Waals surface area contributed by atoms with Crippen LogP contribution in [0.4, 0.5) is 13.2 Å². The average molecular weight is 307 g/mol. The van der Waals surface area contributed by atoms with E-state index in [-0.39, 0.29) is 28.8 Å². The van der Waals surface area contributed by atoms with Crippen LogP contribution in [0.2, 0.25) is 0 Å². The number of rotatable bonds is 5. The molecule has 0 heterocycles. The Bertz CT molecular complexity index is 473. The Morgan fingerprint density at radius 3 is 2.45 bits per heavy atom. The van der Waals surface area contributed by atoms with E-state index < -0.39 is 17.0 Å². The third-order valence-electron chi connectivity index (χ3n) is 2.90. The SMILES string of the molecule is CCC(C)(CO)NC(=O)c1ccccc1SC(F)(F)F. The number of nitrogens with one attached hydrogen (secondary N) is 1. The highest BCUT2D eigenvalue weighted by Crippen LogP contribution is 2.38. The average Bonchev–Trinajstić information content (AvgIpc) is 2.37. The Hall–Kier alpha value is -1.21. The summed E-state index contributed by atoms with van der Waals surface area (Å²) in [5.41, 5.74) is -5.36. The number of aliphatic hydroxyl groups excluding tert-OH is 1. The maximum Gasteiger partial charge on any atom is 0.446 e. The summed E-state index contributed by atoms with van der Waals surface area (Å²) in [4.78, 5) is 11.9. The van der Waals surface area contributed by atoms with Gasteiger partial charge in [-0.05, 0) is 37.2 Å². The van der Waals surface area contributed by atoms with Gasteiger partial charge < -0.3 is 10.4 Å². The predicted molar refractivity (Wildman–Crippen MR) is 71.6 cm³/mol. The first kappa shape index (κ1) is 16.8. The number of alkyl halides is 3. The fraction of sp³-hybridized carbons (Fsp3) is 0.462. The molecule has 0 saturated heterocycles. The van der Waals surface area contributed by atoms with E-state index in [2.05, 4.69) is 5.32 Å². The molecule has 7 heteroatoms. The zero-order valence-electron chi connectivity index (χ0n) is 11.1. The fourth-order valence-electron chi connectivity index (χ4n) is 1.45. The smallest absolute Gasteiger partial charge is 0.394 e. The molecule has 1 aromatic carbocycles. The summed E-state index contributed by atoms with van der Waals surface area (Å²) in [6.07, 6.45) is 0.462. The first-order chi connectivity index (χ1) is 9.21. The van der Waals surface area contributed by atoms with Gasteiger partial charge in [-0.3, -0.25) is 4.79 Å². The second-order valence-electron chi connectivity index (χ2n) is 4.57. The maximum absolute atomic E-state index is 12.4. The number of amides is 1. The minimum absolute atomic E-state index is 0.0528. The first-order valence-corrected chi connectivity index (χ1v) is 6.80. The normalized spacial score (nSPS) is 14.7. The largest absolute Gasteiger partial charge is 0.446 e. The highest BCUT2D eigenvalue weighted by atomic mass is 32.2. The van der Waals surface area contributed by atoms with Crippen molar-refractivity contribution in [3.05, 3.63) is 29.8 Å². The fourth-order valence-corrected chi connectivity index (χ4v) is 2.12. The number of hydrogen-bond donors (Lipinski definition) is 2. The molecule has 0 radical (unpaired) electrons. The summed E-state index contributed by atoms with van der Waals surface area (Å²) in [6, 6.07) is 5.51. The molecular formula is C13H16F3NO2S. The van der Waals surface area contributed by atoms with E-state index in [1.54, 1.807) is 13.8 Å². The molecule has 1 atom stereocenters. The van der Waals surface area contributed by atoms with Crippen molar-refractivity contribution >= 4 is 17.7 Å². The lowest BCUT2D eigenvalue weighted by Gasteiger charge is -2.27. The van der Waals surface area contributed by atoms with Gasteiger partial charge in [-0.25, -0.2) is 0 Å². The lowest BCUT2D eigenvalue weighted by molar-refractivity contribution is -0.0328. The lowest BCUT2D eigenvalue weighted by Crippen LogP contribution is -2.48. The van der Waals surface area contributed by atoms with Crippen molar-refractivity contribution in [2.75, 3.05) is 6.61 Å². The monoisotopic (exact) mass is 307 g/mol. The Morgan fingerprint density at radius 2 is 1.95 bits per heavy atom. The molecule has 0 aliphatic heterocycles. The van der Waals surface area contributed by atoms with Crippen LogP contribution in [-0.4, -0.2) is 28.7 Å². The Balaban J connectivity index is 2.99.